The Hall–Kier alpha value is -4.01. The zero-order valence-corrected chi connectivity index (χ0v) is 21.4. The number of unbranched alkanes of at least 4 members (excludes halogenated alkanes) is 1. The summed E-state index contributed by atoms with van der Waals surface area (Å²) in [5, 5.41) is 36.1. The lowest BCUT2D eigenvalue weighted by atomic mass is 10.0. The monoisotopic (exact) mass is 548 g/mol. The number of aromatic amines is 1. The minimum Gasteiger partial charge on any atom is -0.481 e. The van der Waals surface area contributed by atoms with E-state index < -0.39 is 60.4 Å². The van der Waals surface area contributed by atoms with Crippen molar-refractivity contribution in [1.29, 1.82) is 0 Å². The molecule has 0 aliphatic rings. The third-order valence-corrected chi connectivity index (χ3v) is 6.11. The fraction of sp³-hybridized carbons (Fsp3) is 0.480. The second-order valence-corrected chi connectivity index (χ2v) is 9.09. The van der Waals surface area contributed by atoms with E-state index in [4.69, 9.17) is 16.6 Å². The number of aliphatic carboxylic acids is 2. The van der Waals surface area contributed by atoms with Crippen molar-refractivity contribution in [3.05, 3.63) is 36.0 Å². The topological polar surface area (TPSA) is 250 Å². The van der Waals surface area contributed by atoms with Crippen LogP contribution in [0.15, 0.2) is 30.5 Å². The molecule has 1 aromatic heterocycles. The molecule has 4 unspecified atom stereocenters. The first-order chi connectivity index (χ1) is 18.6. The normalized spacial score (nSPS) is 14.1. The maximum absolute atomic E-state index is 13.2. The van der Waals surface area contributed by atoms with Gasteiger partial charge >= 0.3 is 11.9 Å². The van der Waals surface area contributed by atoms with E-state index in [1.807, 2.05) is 18.2 Å². The van der Waals surface area contributed by atoms with Crippen LogP contribution in [0.2, 0.25) is 0 Å². The van der Waals surface area contributed by atoms with Gasteiger partial charge in [-0.1, -0.05) is 18.2 Å². The van der Waals surface area contributed by atoms with Crippen LogP contribution >= 0.6 is 0 Å². The molecule has 0 aliphatic heterocycles. The maximum Gasteiger partial charge on any atom is 0.326 e. The minimum atomic E-state index is -1.49. The Balaban J connectivity index is 2.21. The number of hydrogen-bond donors (Lipinski definition) is 9. The molecule has 11 N–H and O–H groups in total. The molecule has 0 saturated heterocycles. The first-order valence-electron chi connectivity index (χ1n) is 12.5. The smallest absolute Gasteiger partial charge is 0.326 e. The Morgan fingerprint density at radius 2 is 1.51 bits per heavy atom. The van der Waals surface area contributed by atoms with Crippen molar-refractivity contribution in [2.24, 2.45) is 11.5 Å². The van der Waals surface area contributed by atoms with Gasteiger partial charge in [0.15, 0.2) is 0 Å². The van der Waals surface area contributed by atoms with Gasteiger partial charge in [0.1, 0.15) is 18.1 Å². The van der Waals surface area contributed by atoms with Crippen LogP contribution in [0.25, 0.3) is 10.9 Å². The Morgan fingerprint density at radius 1 is 0.872 bits per heavy atom. The molecule has 14 heteroatoms. The lowest BCUT2D eigenvalue weighted by Crippen LogP contribution is -2.58. The van der Waals surface area contributed by atoms with Gasteiger partial charge in [-0.3, -0.25) is 19.2 Å². The van der Waals surface area contributed by atoms with Crippen LogP contribution in [0.5, 0.6) is 0 Å². The summed E-state index contributed by atoms with van der Waals surface area (Å²) in [6.45, 7) is -0.463. The van der Waals surface area contributed by atoms with E-state index in [2.05, 4.69) is 20.9 Å². The molecule has 0 radical (unpaired) electrons. The van der Waals surface area contributed by atoms with Crippen LogP contribution in [-0.2, 0) is 30.4 Å². The van der Waals surface area contributed by atoms with E-state index in [0.29, 0.717) is 24.9 Å². The highest BCUT2D eigenvalue weighted by molar-refractivity contribution is 5.95. The first kappa shape index (κ1) is 31.2. The number of nitrogens with one attached hydrogen (secondary N) is 4. The van der Waals surface area contributed by atoms with Crippen LogP contribution in [-0.4, -0.2) is 87.3 Å². The minimum absolute atomic E-state index is 0.0268. The number of nitrogens with two attached hydrogens (primary N) is 2. The Labute approximate surface area is 224 Å². The van der Waals surface area contributed by atoms with Gasteiger partial charge in [0.25, 0.3) is 0 Å². The molecule has 0 saturated carbocycles. The number of rotatable bonds is 17. The second-order valence-electron chi connectivity index (χ2n) is 9.09. The molecule has 2 aromatic rings. The average molecular weight is 549 g/mol. The summed E-state index contributed by atoms with van der Waals surface area (Å²) < 4.78 is 0. The summed E-state index contributed by atoms with van der Waals surface area (Å²) in [4.78, 5) is 64.1. The van der Waals surface area contributed by atoms with E-state index in [1.165, 1.54) is 0 Å². The molecule has 3 amide bonds. The maximum atomic E-state index is 13.2. The molecule has 0 aliphatic carbocycles. The van der Waals surface area contributed by atoms with Gasteiger partial charge in [0.2, 0.25) is 17.7 Å². The summed E-state index contributed by atoms with van der Waals surface area (Å²) in [6, 6.07) is 2.06. The highest BCUT2D eigenvalue weighted by Gasteiger charge is 2.30. The summed E-state index contributed by atoms with van der Waals surface area (Å²) in [5.41, 5.74) is 12.6. The van der Waals surface area contributed by atoms with Gasteiger partial charge in [-0.05, 0) is 43.9 Å². The van der Waals surface area contributed by atoms with Crippen LogP contribution in [0, 0.1) is 0 Å². The number of carboxylic acid groups (broad SMARTS) is 2. The van der Waals surface area contributed by atoms with Crippen molar-refractivity contribution in [3.8, 4) is 0 Å². The van der Waals surface area contributed by atoms with E-state index in [0.717, 1.165) is 10.9 Å². The third kappa shape index (κ3) is 9.67. The third-order valence-electron chi connectivity index (χ3n) is 6.11. The number of carboxylic acids is 2. The summed E-state index contributed by atoms with van der Waals surface area (Å²) >= 11 is 0. The number of aliphatic hydroxyl groups excluding tert-OH is 1. The Kier molecular flexibility index (Phi) is 12.3. The van der Waals surface area contributed by atoms with Crippen molar-refractivity contribution in [1.82, 2.24) is 20.9 Å². The van der Waals surface area contributed by atoms with Crippen molar-refractivity contribution in [2.75, 3.05) is 13.2 Å². The number of hydrogen-bond acceptors (Lipinski definition) is 8. The molecule has 1 heterocycles. The molecule has 4 atom stereocenters. The van der Waals surface area contributed by atoms with Crippen LogP contribution in [0.3, 0.4) is 0 Å². The van der Waals surface area contributed by atoms with Gasteiger partial charge in [0.05, 0.1) is 12.6 Å². The average Bonchev–Trinajstić information content (AvgIpc) is 3.31. The highest BCUT2D eigenvalue weighted by Crippen LogP contribution is 2.19. The molecule has 0 bridgehead atoms. The molecular formula is C25H36N6O8. The lowest BCUT2D eigenvalue weighted by molar-refractivity contribution is -0.142. The van der Waals surface area contributed by atoms with Crippen LogP contribution < -0.4 is 27.4 Å². The fourth-order valence-electron chi connectivity index (χ4n) is 3.91. The van der Waals surface area contributed by atoms with Gasteiger partial charge in [0, 0.05) is 29.9 Å². The predicted octanol–water partition coefficient (Wildman–Crippen LogP) is -1.44. The van der Waals surface area contributed by atoms with Crippen molar-refractivity contribution in [3.63, 3.8) is 0 Å². The van der Waals surface area contributed by atoms with Gasteiger partial charge in [-0.2, -0.15) is 0 Å². The number of fused-ring (bicyclic) bond motifs is 1. The summed E-state index contributed by atoms with van der Waals surface area (Å²) in [7, 11) is 0. The van der Waals surface area contributed by atoms with E-state index in [9.17, 15) is 34.2 Å². The number of amides is 3. The molecule has 39 heavy (non-hydrogen) atoms. The van der Waals surface area contributed by atoms with E-state index in [1.54, 1.807) is 12.3 Å². The number of benzene rings is 1. The summed E-state index contributed by atoms with van der Waals surface area (Å²) in [6.07, 6.45) is 2.26. The standard InChI is InChI=1S/C25H36N6O8/c26-10-4-3-7-18(25(38)39)29-23(36)19(11-14-12-28-17-6-2-1-5-15(14)17)30-24(37)20(13-32)31-22(35)16(27)8-9-21(33)34/h1-2,5-6,12,16,18-20,28,32H,3-4,7-11,13,26-27H2,(H,29,36)(H,30,37)(H,31,35)(H,33,34)(H,38,39). The van der Waals surface area contributed by atoms with Crippen LogP contribution in [0.1, 0.15) is 37.7 Å². The first-order valence-corrected chi connectivity index (χ1v) is 12.5. The van der Waals surface area contributed by atoms with Crippen molar-refractivity contribution < 1.29 is 39.3 Å². The van der Waals surface area contributed by atoms with Crippen molar-refractivity contribution >= 4 is 40.6 Å². The van der Waals surface area contributed by atoms with Crippen LogP contribution in [0.4, 0.5) is 0 Å². The number of aliphatic hydroxyl groups is 1. The molecule has 0 fully saturated rings. The predicted molar refractivity (Wildman–Crippen MR) is 140 cm³/mol. The molecule has 214 valence electrons. The Morgan fingerprint density at radius 3 is 2.15 bits per heavy atom. The molecule has 0 spiro atoms. The van der Waals surface area contributed by atoms with E-state index in [-0.39, 0.29) is 25.7 Å². The number of carbonyl (C=O) groups excluding carboxylic acids is 3. The number of aromatic nitrogens is 1. The molecule has 1 aromatic carbocycles. The van der Waals surface area contributed by atoms with Gasteiger partial charge < -0.3 is 47.7 Å². The summed E-state index contributed by atoms with van der Waals surface area (Å²) in [5.74, 6) is -4.92. The highest BCUT2D eigenvalue weighted by atomic mass is 16.4. The number of para-hydroxylation sites is 1. The Bertz CT molecular complexity index is 1150. The van der Waals surface area contributed by atoms with Gasteiger partial charge in [-0.25, -0.2) is 4.79 Å². The van der Waals surface area contributed by atoms with Gasteiger partial charge in [-0.15, -0.1) is 0 Å². The SMILES string of the molecule is NCCCCC(NC(=O)C(Cc1c[nH]c2ccccc12)NC(=O)C(CO)NC(=O)C(N)CCC(=O)O)C(=O)O. The molecule has 2 rings (SSSR count). The van der Waals surface area contributed by atoms with E-state index >= 15 is 0 Å². The van der Waals surface area contributed by atoms with Crippen molar-refractivity contribution in [2.45, 2.75) is 62.7 Å². The zero-order valence-electron chi connectivity index (χ0n) is 21.4. The largest absolute Gasteiger partial charge is 0.481 e. The lowest BCUT2D eigenvalue weighted by Gasteiger charge is -2.24. The molecular weight excluding hydrogens is 512 g/mol. The zero-order chi connectivity index (χ0) is 28.9. The quantitative estimate of drug-likeness (QED) is 0.104. The fourth-order valence-corrected chi connectivity index (χ4v) is 3.91. The molecule has 14 nitrogen and oxygen atoms in total. The second kappa shape index (κ2) is 15.4. The number of H-pyrrole nitrogens is 1. The number of carbonyl (C=O) groups is 5.